The number of rotatable bonds is 1. The van der Waals surface area contributed by atoms with Gasteiger partial charge in [0.15, 0.2) is 5.82 Å². The van der Waals surface area contributed by atoms with E-state index in [1.54, 1.807) is 30.4 Å². The van der Waals surface area contributed by atoms with Crippen LogP contribution in [-0.4, -0.2) is 53.8 Å². The smallest absolute Gasteiger partial charge is 0.250 e. The Bertz CT molecular complexity index is 1430. The number of likely N-dealkylation sites (N-methyl/N-ethyl adjacent to an activating group) is 1. The number of halogens is 2. The van der Waals surface area contributed by atoms with Crippen LogP contribution >= 0.6 is 11.6 Å². The molecule has 0 saturated carbocycles. The van der Waals surface area contributed by atoms with Crippen LogP contribution in [0.2, 0.25) is 5.02 Å². The van der Waals surface area contributed by atoms with Crippen LogP contribution in [0.4, 0.5) is 15.8 Å². The molecule has 0 unspecified atom stereocenters. The number of fused-ring (bicyclic) bond motifs is 6. The van der Waals surface area contributed by atoms with Gasteiger partial charge < -0.3 is 15.1 Å². The van der Waals surface area contributed by atoms with Gasteiger partial charge in [0.1, 0.15) is 11.6 Å². The van der Waals surface area contributed by atoms with E-state index in [0.717, 1.165) is 28.7 Å². The molecule has 7 nitrogen and oxygen atoms in total. The van der Waals surface area contributed by atoms with Crippen molar-refractivity contribution in [3.05, 3.63) is 47.0 Å². The first-order valence-electron chi connectivity index (χ1n) is 10.5. The highest BCUT2D eigenvalue weighted by atomic mass is 35.5. The number of aromatic nitrogens is 3. The Kier molecular flexibility index (Phi) is 4.18. The zero-order valence-corrected chi connectivity index (χ0v) is 18.3. The average Bonchev–Trinajstić information content (AvgIpc) is 3.27. The highest BCUT2D eigenvalue weighted by molar-refractivity contribution is 6.35. The lowest BCUT2D eigenvalue weighted by Gasteiger charge is -2.44. The summed E-state index contributed by atoms with van der Waals surface area (Å²) in [5, 5.41) is 12.0. The normalized spacial score (nSPS) is 18.4. The number of hydrogen-bond acceptors (Lipinski definition) is 5. The van der Waals surface area contributed by atoms with Gasteiger partial charge in [0, 0.05) is 48.6 Å². The highest BCUT2D eigenvalue weighted by Crippen LogP contribution is 2.46. The second kappa shape index (κ2) is 6.88. The standard InChI is InChI=1S/C23H20ClFN6O/c1-11-3-4-15-13(8-28-29-15)18(11)19-14(24)7-12-21(20(19)25)27-10-16-22(12)31-6-5-26-9-17(31)23(32)30(16)2/h3-4,7-8,10,17,26H,5-6,9H2,1-2H3,(H,28,29)/t17-/m1/s1. The van der Waals surface area contributed by atoms with Crippen LogP contribution in [0.1, 0.15) is 5.56 Å². The van der Waals surface area contributed by atoms with Crippen LogP contribution in [0.15, 0.2) is 30.6 Å². The number of pyridine rings is 1. The first kappa shape index (κ1) is 19.5. The van der Waals surface area contributed by atoms with Crippen molar-refractivity contribution >= 4 is 50.7 Å². The van der Waals surface area contributed by atoms with Crippen LogP contribution in [0.3, 0.4) is 0 Å². The van der Waals surface area contributed by atoms with Crippen LogP contribution < -0.4 is 15.1 Å². The molecule has 4 aromatic rings. The second-order valence-electron chi connectivity index (χ2n) is 8.33. The lowest BCUT2D eigenvalue weighted by molar-refractivity contribution is -0.120. The van der Waals surface area contributed by atoms with E-state index in [0.29, 0.717) is 40.3 Å². The van der Waals surface area contributed by atoms with Gasteiger partial charge in [-0.2, -0.15) is 5.10 Å². The van der Waals surface area contributed by atoms with E-state index in [4.69, 9.17) is 11.6 Å². The number of aromatic amines is 1. The number of nitrogens with zero attached hydrogens (tertiary/aromatic N) is 4. The first-order chi connectivity index (χ1) is 15.5. The van der Waals surface area contributed by atoms with Crippen LogP contribution in [0.25, 0.3) is 32.9 Å². The summed E-state index contributed by atoms with van der Waals surface area (Å²) in [7, 11) is 1.73. The van der Waals surface area contributed by atoms with E-state index >= 15 is 4.39 Å². The zero-order chi connectivity index (χ0) is 22.1. The Balaban J connectivity index is 1.66. The predicted molar refractivity (Wildman–Crippen MR) is 124 cm³/mol. The van der Waals surface area contributed by atoms with E-state index in [2.05, 4.69) is 25.4 Å². The fourth-order valence-corrected chi connectivity index (χ4v) is 5.30. The number of carbonyl (C=O) groups is 1. The molecule has 0 aliphatic carbocycles. The van der Waals surface area contributed by atoms with Crippen LogP contribution in [0, 0.1) is 12.7 Å². The number of anilines is 2. The van der Waals surface area contributed by atoms with Gasteiger partial charge in [-0.1, -0.05) is 17.7 Å². The van der Waals surface area contributed by atoms with Crippen LogP contribution in [0.5, 0.6) is 0 Å². The third-order valence-electron chi connectivity index (χ3n) is 6.60. The quantitative estimate of drug-likeness (QED) is 0.463. The van der Waals surface area contributed by atoms with Gasteiger partial charge in [0.25, 0.3) is 5.91 Å². The molecule has 9 heteroatoms. The Hall–Kier alpha value is -3.23. The van der Waals surface area contributed by atoms with Gasteiger partial charge in [-0.15, -0.1) is 0 Å². The topological polar surface area (TPSA) is 77.1 Å². The molecule has 2 aromatic carbocycles. The minimum Gasteiger partial charge on any atom is -0.355 e. The number of piperazine rings is 1. The maximum atomic E-state index is 16.1. The lowest BCUT2D eigenvalue weighted by Crippen LogP contribution is -2.61. The molecule has 2 aliphatic heterocycles. The summed E-state index contributed by atoms with van der Waals surface area (Å²) in [5.74, 6) is -0.477. The fraction of sp³-hybridized carbons (Fsp3) is 0.261. The summed E-state index contributed by atoms with van der Waals surface area (Å²) < 4.78 is 16.1. The Morgan fingerprint density at radius 3 is 2.91 bits per heavy atom. The Labute approximate surface area is 188 Å². The largest absolute Gasteiger partial charge is 0.355 e. The molecule has 162 valence electrons. The lowest BCUT2D eigenvalue weighted by atomic mass is 9.94. The molecular formula is C23H20ClFN6O. The number of amides is 1. The van der Waals surface area contributed by atoms with E-state index in [9.17, 15) is 4.79 Å². The monoisotopic (exact) mass is 450 g/mol. The summed E-state index contributed by atoms with van der Waals surface area (Å²) in [6, 6.07) is 5.28. The number of aryl methyl sites for hydroxylation is 1. The molecule has 1 fully saturated rings. The molecule has 1 atom stereocenters. The van der Waals surface area contributed by atoms with Crippen molar-refractivity contribution in [2.24, 2.45) is 0 Å². The minimum absolute atomic E-state index is 0.00343. The number of hydrogen-bond donors (Lipinski definition) is 2. The van der Waals surface area contributed by atoms with Crippen molar-refractivity contribution in [3.63, 3.8) is 0 Å². The summed E-state index contributed by atoms with van der Waals surface area (Å²) in [6.07, 6.45) is 3.27. The van der Waals surface area contributed by atoms with Gasteiger partial charge in [-0.05, 0) is 24.6 Å². The van der Waals surface area contributed by atoms with Crippen molar-refractivity contribution in [2.45, 2.75) is 13.0 Å². The SMILES string of the molecule is Cc1ccc2[nH]ncc2c1-c1c(Cl)cc2c3c(cnc2c1F)N(C)C(=O)[C@H]1CNCCN31. The molecule has 4 heterocycles. The minimum atomic E-state index is -0.474. The molecular weight excluding hydrogens is 431 g/mol. The van der Waals surface area contributed by atoms with Gasteiger partial charge >= 0.3 is 0 Å². The third kappa shape index (κ3) is 2.53. The van der Waals surface area contributed by atoms with Crippen molar-refractivity contribution in [3.8, 4) is 11.1 Å². The van der Waals surface area contributed by atoms with Gasteiger partial charge in [-0.3, -0.25) is 14.9 Å². The molecule has 0 spiro atoms. The van der Waals surface area contributed by atoms with Crippen molar-refractivity contribution in [2.75, 3.05) is 36.5 Å². The summed E-state index contributed by atoms with van der Waals surface area (Å²) in [4.78, 5) is 21.0. The second-order valence-corrected chi connectivity index (χ2v) is 8.74. The third-order valence-corrected chi connectivity index (χ3v) is 6.89. The van der Waals surface area contributed by atoms with Gasteiger partial charge in [0.05, 0.1) is 34.3 Å². The molecule has 0 bridgehead atoms. The maximum Gasteiger partial charge on any atom is 0.250 e. The van der Waals surface area contributed by atoms with E-state index in [1.807, 2.05) is 19.1 Å². The highest BCUT2D eigenvalue weighted by Gasteiger charge is 2.39. The first-order valence-corrected chi connectivity index (χ1v) is 10.8. The average molecular weight is 451 g/mol. The fourth-order valence-electron chi connectivity index (χ4n) is 5.01. The molecule has 6 rings (SSSR count). The molecule has 32 heavy (non-hydrogen) atoms. The van der Waals surface area contributed by atoms with Crippen molar-refractivity contribution < 1.29 is 9.18 Å². The zero-order valence-electron chi connectivity index (χ0n) is 17.5. The Morgan fingerprint density at radius 1 is 1.22 bits per heavy atom. The van der Waals surface area contributed by atoms with Gasteiger partial charge in [-0.25, -0.2) is 4.39 Å². The van der Waals surface area contributed by atoms with Crippen molar-refractivity contribution in [1.29, 1.82) is 0 Å². The molecule has 1 amide bonds. The number of nitrogens with one attached hydrogen (secondary N) is 2. The summed E-state index contributed by atoms with van der Waals surface area (Å²) >= 11 is 6.76. The summed E-state index contributed by atoms with van der Waals surface area (Å²) in [6.45, 7) is 3.86. The summed E-state index contributed by atoms with van der Waals surface area (Å²) in [5.41, 5.74) is 4.42. The Morgan fingerprint density at radius 2 is 2.06 bits per heavy atom. The van der Waals surface area contributed by atoms with E-state index < -0.39 is 5.82 Å². The number of benzene rings is 2. The van der Waals surface area contributed by atoms with Crippen LogP contribution in [-0.2, 0) is 4.79 Å². The van der Waals surface area contributed by atoms with Gasteiger partial charge in [0.2, 0.25) is 0 Å². The predicted octanol–water partition coefficient (Wildman–Crippen LogP) is 3.63. The molecule has 1 saturated heterocycles. The number of H-pyrrole nitrogens is 1. The molecule has 2 aliphatic rings. The molecule has 0 radical (unpaired) electrons. The maximum absolute atomic E-state index is 16.1. The van der Waals surface area contributed by atoms with Crippen molar-refractivity contribution in [1.82, 2.24) is 20.5 Å². The van der Waals surface area contributed by atoms with E-state index in [-0.39, 0.29) is 17.5 Å². The van der Waals surface area contributed by atoms with E-state index in [1.165, 1.54) is 0 Å². The number of carbonyl (C=O) groups excluding carboxylic acids is 1. The molecule has 2 aromatic heterocycles. The molecule has 2 N–H and O–H groups in total.